The Balaban J connectivity index is 2.42. The van der Waals surface area contributed by atoms with E-state index in [0.29, 0.717) is 0 Å². The number of rotatable bonds is 1. The lowest BCUT2D eigenvalue weighted by atomic mass is 9.80. The highest BCUT2D eigenvalue weighted by Crippen LogP contribution is 2.45. The van der Waals surface area contributed by atoms with E-state index in [0.717, 1.165) is 12.1 Å². The van der Waals surface area contributed by atoms with E-state index in [-0.39, 0.29) is 22.3 Å². The molecule has 0 atom stereocenters. The summed E-state index contributed by atoms with van der Waals surface area (Å²) in [5.74, 6) is -6.60. The smallest absolute Gasteiger partial charge is 0.339 e. The Morgan fingerprint density at radius 1 is 0.833 bits per heavy atom. The molecule has 0 aromatic heterocycles. The van der Waals surface area contributed by atoms with Gasteiger partial charge in [-0.05, 0) is 24.6 Å². The van der Waals surface area contributed by atoms with Gasteiger partial charge in [-0.25, -0.2) is 4.79 Å². The molecule has 2 aromatic rings. The third-order valence-electron chi connectivity index (χ3n) is 3.97. The number of carbonyl (C=O) groups is 3. The highest BCUT2D eigenvalue weighted by Gasteiger charge is 2.37. The predicted molar refractivity (Wildman–Crippen MR) is 78.1 cm³/mol. The van der Waals surface area contributed by atoms with Crippen molar-refractivity contribution in [1.82, 2.24) is 0 Å². The first kappa shape index (κ1) is 15.3. The van der Waals surface area contributed by atoms with E-state index in [1.165, 1.54) is 6.92 Å². The predicted octanol–water partition coefficient (Wildman–Crippen LogP) is 1.29. The Labute approximate surface area is 133 Å². The highest BCUT2D eigenvalue weighted by molar-refractivity contribution is 6.30. The SMILES string of the molecule is Cc1c(C(=O)O)c(O)cc2c1C(=O)c1cc(O)c(O)c(O)c1C2=O. The van der Waals surface area contributed by atoms with Gasteiger partial charge in [-0.15, -0.1) is 0 Å². The normalized spacial score (nSPS) is 12.7. The van der Waals surface area contributed by atoms with E-state index in [1.54, 1.807) is 0 Å². The summed E-state index contributed by atoms with van der Waals surface area (Å²) in [6.07, 6.45) is 0. The fourth-order valence-electron chi connectivity index (χ4n) is 2.86. The molecule has 0 radical (unpaired) electrons. The molecule has 0 saturated heterocycles. The number of phenolic OH excluding ortho intramolecular Hbond substituents is 3. The van der Waals surface area contributed by atoms with Crippen LogP contribution in [0.1, 0.15) is 47.8 Å². The fraction of sp³-hybridized carbons (Fsp3) is 0.0625. The summed E-state index contributed by atoms with van der Waals surface area (Å²) >= 11 is 0. The average molecular weight is 330 g/mol. The summed E-state index contributed by atoms with van der Waals surface area (Å²) in [6, 6.07) is 1.65. The number of carbonyl (C=O) groups excluding carboxylic acids is 2. The van der Waals surface area contributed by atoms with Gasteiger partial charge >= 0.3 is 5.97 Å². The summed E-state index contributed by atoms with van der Waals surface area (Å²) in [5.41, 5.74) is -2.07. The topological polar surface area (TPSA) is 152 Å². The third kappa shape index (κ3) is 1.76. The minimum atomic E-state index is -1.48. The van der Waals surface area contributed by atoms with Crippen LogP contribution in [0.3, 0.4) is 0 Å². The van der Waals surface area contributed by atoms with Crippen molar-refractivity contribution in [2.45, 2.75) is 6.92 Å². The molecule has 0 unspecified atom stereocenters. The van der Waals surface area contributed by atoms with E-state index in [1.807, 2.05) is 0 Å². The van der Waals surface area contributed by atoms with Gasteiger partial charge in [0.2, 0.25) is 5.75 Å². The molecular formula is C16H10O8. The van der Waals surface area contributed by atoms with Crippen LogP contribution < -0.4 is 0 Å². The van der Waals surface area contributed by atoms with Gasteiger partial charge in [0.15, 0.2) is 23.1 Å². The number of hydrogen-bond acceptors (Lipinski definition) is 7. The van der Waals surface area contributed by atoms with Crippen molar-refractivity contribution < 1.29 is 39.9 Å². The lowest BCUT2D eigenvalue weighted by molar-refractivity contribution is 0.0692. The van der Waals surface area contributed by atoms with Crippen molar-refractivity contribution in [2.75, 3.05) is 0 Å². The van der Waals surface area contributed by atoms with E-state index >= 15 is 0 Å². The number of carboxylic acid groups (broad SMARTS) is 1. The zero-order chi connectivity index (χ0) is 17.9. The summed E-state index contributed by atoms with van der Waals surface area (Å²) in [5, 5.41) is 48.0. The lowest BCUT2D eigenvalue weighted by Gasteiger charge is -2.22. The molecule has 0 bridgehead atoms. The maximum absolute atomic E-state index is 12.6. The van der Waals surface area contributed by atoms with Gasteiger partial charge < -0.3 is 25.5 Å². The van der Waals surface area contributed by atoms with Crippen LogP contribution in [0.15, 0.2) is 12.1 Å². The number of aromatic carboxylic acids is 1. The van der Waals surface area contributed by atoms with Crippen molar-refractivity contribution in [1.29, 1.82) is 0 Å². The Morgan fingerprint density at radius 3 is 1.92 bits per heavy atom. The van der Waals surface area contributed by atoms with Crippen LogP contribution in [-0.4, -0.2) is 43.1 Å². The van der Waals surface area contributed by atoms with E-state index in [4.69, 9.17) is 5.11 Å². The standard InChI is InChI=1S/C16H10O8/c1-4-9-5(2-7(17)10(4)16(23)24)13(20)11-6(12(9)19)3-8(18)14(21)15(11)22/h2-3,17-18,21-22H,1H3,(H,23,24). The quantitative estimate of drug-likeness (QED) is 0.418. The molecule has 3 rings (SSSR count). The Hall–Kier alpha value is -3.55. The minimum absolute atomic E-state index is 0.117. The number of benzene rings is 2. The zero-order valence-corrected chi connectivity index (χ0v) is 12.1. The molecule has 2 aromatic carbocycles. The van der Waals surface area contributed by atoms with E-state index in [9.17, 15) is 34.8 Å². The summed E-state index contributed by atoms with van der Waals surface area (Å²) < 4.78 is 0. The molecule has 0 spiro atoms. The van der Waals surface area contributed by atoms with Crippen molar-refractivity contribution >= 4 is 17.5 Å². The second-order valence-electron chi connectivity index (χ2n) is 5.30. The first-order valence-electron chi connectivity index (χ1n) is 6.64. The Bertz CT molecular complexity index is 971. The Morgan fingerprint density at radius 2 is 1.33 bits per heavy atom. The van der Waals surface area contributed by atoms with Gasteiger partial charge in [-0.3, -0.25) is 9.59 Å². The Kier molecular flexibility index (Phi) is 3.02. The second-order valence-corrected chi connectivity index (χ2v) is 5.30. The molecule has 0 fully saturated rings. The van der Waals surface area contributed by atoms with Gasteiger partial charge in [0.25, 0.3) is 0 Å². The molecule has 122 valence electrons. The zero-order valence-electron chi connectivity index (χ0n) is 12.1. The molecule has 0 heterocycles. The van der Waals surface area contributed by atoms with Crippen molar-refractivity contribution in [3.8, 4) is 23.0 Å². The third-order valence-corrected chi connectivity index (χ3v) is 3.97. The molecule has 1 aliphatic carbocycles. The van der Waals surface area contributed by atoms with E-state index < -0.39 is 51.7 Å². The first-order valence-corrected chi connectivity index (χ1v) is 6.64. The summed E-state index contributed by atoms with van der Waals surface area (Å²) in [7, 11) is 0. The molecule has 1 aliphatic rings. The number of aromatic hydroxyl groups is 4. The molecule has 24 heavy (non-hydrogen) atoms. The summed E-state index contributed by atoms with van der Waals surface area (Å²) in [6.45, 7) is 1.26. The molecule has 8 heteroatoms. The van der Waals surface area contributed by atoms with Crippen LogP contribution in [0.5, 0.6) is 23.0 Å². The van der Waals surface area contributed by atoms with Gasteiger partial charge in [0.1, 0.15) is 11.3 Å². The van der Waals surface area contributed by atoms with Crippen LogP contribution in [0.2, 0.25) is 0 Å². The maximum Gasteiger partial charge on any atom is 0.339 e. The van der Waals surface area contributed by atoms with Crippen LogP contribution >= 0.6 is 0 Å². The maximum atomic E-state index is 12.6. The van der Waals surface area contributed by atoms with Crippen molar-refractivity contribution in [3.63, 3.8) is 0 Å². The van der Waals surface area contributed by atoms with Crippen LogP contribution in [0.25, 0.3) is 0 Å². The average Bonchev–Trinajstić information content (AvgIpc) is 2.49. The number of hydrogen-bond donors (Lipinski definition) is 5. The monoisotopic (exact) mass is 330 g/mol. The van der Waals surface area contributed by atoms with Gasteiger partial charge in [0.05, 0.1) is 5.56 Å². The molecule has 0 saturated carbocycles. The molecule has 0 aliphatic heterocycles. The van der Waals surface area contributed by atoms with Crippen molar-refractivity contribution in [3.05, 3.63) is 45.5 Å². The van der Waals surface area contributed by atoms with Crippen molar-refractivity contribution in [2.24, 2.45) is 0 Å². The first-order chi connectivity index (χ1) is 11.2. The fourth-order valence-corrected chi connectivity index (χ4v) is 2.86. The highest BCUT2D eigenvalue weighted by atomic mass is 16.4. The largest absolute Gasteiger partial charge is 0.507 e. The minimum Gasteiger partial charge on any atom is -0.507 e. The number of fused-ring (bicyclic) bond motifs is 2. The second kappa shape index (κ2) is 4.72. The van der Waals surface area contributed by atoms with Gasteiger partial charge in [-0.2, -0.15) is 0 Å². The van der Waals surface area contributed by atoms with Gasteiger partial charge in [0, 0.05) is 16.7 Å². The molecule has 5 N–H and O–H groups in total. The lowest BCUT2D eigenvalue weighted by Crippen LogP contribution is -2.23. The van der Waals surface area contributed by atoms with E-state index in [2.05, 4.69) is 0 Å². The molecule has 0 amide bonds. The van der Waals surface area contributed by atoms with Gasteiger partial charge in [-0.1, -0.05) is 0 Å². The van der Waals surface area contributed by atoms with Crippen LogP contribution in [-0.2, 0) is 0 Å². The molecular weight excluding hydrogens is 320 g/mol. The summed E-state index contributed by atoms with van der Waals surface area (Å²) in [4.78, 5) is 36.5. The number of ketones is 2. The van der Waals surface area contributed by atoms with Crippen LogP contribution in [0.4, 0.5) is 0 Å². The number of carboxylic acids is 1. The number of phenols is 4. The molecule has 8 nitrogen and oxygen atoms in total. The van der Waals surface area contributed by atoms with Crippen LogP contribution in [0, 0.1) is 6.92 Å².